The van der Waals surface area contributed by atoms with Gasteiger partial charge in [-0.15, -0.1) is 0 Å². The van der Waals surface area contributed by atoms with Gasteiger partial charge in [0.05, 0.1) is 12.1 Å². The second-order valence-corrected chi connectivity index (χ2v) is 3.71. The Balaban J connectivity index is 2.68. The maximum Gasteiger partial charge on any atom is 0.420 e. The highest BCUT2D eigenvalue weighted by Crippen LogP contribution is 2.18. The molecule has 1 atom stereocenters. The monoisotopic (exact) mass is 237 g/mol. The van der Waals surface area contributed by atoms with Crippen LogP contribution in [0.3, 0.4) is 0 Å². The van der Waals surface area contributed by atoms with Crippen molar-refractivity contribution >= 4 is 17.1 Å². The quantitative estimate of drug-likeness (QED) is 0.821. The number of fused-ring (bicyclic) bond motifs is 1. The molecule has 0 radical (unpaired) electrons. The minimum Gasteiger partial charge on any atom is -0.480 e. The van der Waals surface area contributed by atoms with E-state index in [2.05, 4.69) is 0 Å². The van der Waals surface area contributed by atoms with Crippen LogP contribution in [-0.4, -0.2) is 20.7 Å². The van der Waals surface area contributed by atoms with E-state index in [1.165, 1.54) is 13.0 Å². The smallest absolute Gasteiger partial charge is 0.420 e. The molecule has 2 N–H and O–H groups in total. The van der Waals surface area contributed by atoms with E-state index < -0.39 is 17.8 Å². The van der Waals surface area contributed by atoms with Crippen LogP contribution in [0.15, 0.2) is 27.4 Å². The van der Waals surface area contributed by atoms with Crippen molar-refractivity contribution in [1.29, 1.82) is 0 Å². The summed E-state index contributed by atoms with van der Waals surface area (Å²) in [5.74, 6) is -1.83. The molecular formula is C11H11NO5. The zero-order valence-corrected chi connectivity index (χ0v) is 9.08. The molecule has 0 spiro atoms. The molecule has 1 aromatic carbocycles. The molecule has 17 heavy (non-hydrogen) atoms. The molecule has 0 bridgehead atoms. The number of hydrogen-bond donors (Lipinski definition) is 2. The molecule has 6 heteroatoms. The molecule has 0 fully saturated rings. The van der Waals surface area contributed by atoms with Crippen molar-refractivity contribution in [2.75, 3.05) is 0 Å². The molecule has 0 aliphatic heterocycles. The molecule has 0 aliphatic carbocycles. The van der Waals surface area contributed by atoms with Crippen molar-refractivity contribution in [2.24, 2.45) is 0 Å². The summed E-state index contributed by atoms with van der Waals surface area (Å²) in [6.07, 6.45) is 0. The summed E-state index contributed by atoms with van der Waals surface area (Å²) in [6, 6.07) is 3.69. The van der Waals surface area contributed by atoms with Crippen LogP contribution in [0, 0.1) is 0 Å². The Morgan fingerprint density at radius 3 is 2.82 bits per heavy atom. The van der Waals surface area contributed by atoms with Crippen molar-refractivity contribution in [3.8, 4) is 0 Å². The van der Waals surface area contributed by atoms with Gasteiger partial charge in [0.25, 0.3) is 0 Å². The van der Waals surface area contributed by atoms with Gasteiger partial charge in [-0.3, -0.25) is 4.57 Å². The molecule has 0 saturated heterocycles. The standard InChI is InChI=1S/C11H11NO5/c1-6(10(14)15)12-8-3-2-7(5-13)4-9(8)17-11(12)16/h2-4,6,13H,5H2,1H3,(H,14,15). The van der Waals surface area contributed by atoms with Crippen molar-refractivity contribution in [2.45, 2.75) is 19.6 Å². The van der Waals surface area contributed by atoms with Gasteiger partial charge in [-0.1, -0.05) is 6.07 Å². The molecule has 1 heterocycles. The van der Waals surface area contributed by atoms with Crippen molar-refractivity contribution < 1.29 is 19.4 Å². The number of aliphatic hydroxyl groups is 1. The molecule has 2 aromatic rings. The van der Waals surface area contributed by atoms with Gasteiger partial charge in [0.1, 0.15) is 6.04 Å². The fourth-order valence-corrected chi connectivity index (χ4v) is 1.66. The van der Waals surface area contributed by atoms with Gasteiger partial charge in [0.15, 0.2) is 5.58 Å². The van der Waals surface area contributed by atoms with Crippen LogP contribution >= 0.6 is 0 Å². The number of aliphatic carboxylic acids is 1. The van der Waals surface area contributed by atoms with Crippen LogP contribution in [0.25, 0.3) is 11.1 Å². The second kappa shape index (κ2) is 4.06. The number of carbonyl (C=O) groups is 1. The zero-order chi connectivity index (χ0) is 12.6. The third-order valence-electron chi connectivity index (χ3n) is 2.60. The second-order valence-electron chi connectivity index (χ2n) is 3.71. The van der Waals surface area contributed by atoms with Crippen LogP contribution in [0.2, 0.25) is 0 Å². The van der Waals surface area contributed by atoms with E-state index in [0.29, 0.717) is 11.1 Å². The summed E-state index contributed by atoms with van der Waals surface area (Å²) in [7, 11) is 0. The average Bonchev–Trinajstić information content (AvgIpc) is 2.62. The highest BCUT2D eigenvalue weighted by atomic mass is 16.4. The lowest BCUT2D eigenvalue weighted by Gasteiger charge is -2.06. The maximum atomic E-state index is 11.6. The Morgan fingerprint density at radius 1 is 1.53 bits per heavy atom. The number of rotatable bonds is 3. The van der Waals surface area contributed by atoms with E-state index >= 15 is 0 Å². The van der Waals surface area contributed by atoms with E-state index in [1.54, 1.807) is 12.1 Å². The van der Waals surface area contributed by atoms with Gasteiger partial charge in [-0.2, -0.15) is 0 Å². The predicted octanol–water partition coefficient (Wildman–Crippen LogP) is 0.732. The van der Waals surface area contributed by atoms with Gasteiger partial charge < -0.3 is 14.6 Å². The molecule has 6 nitrogen and oxygen atoms in total. The first-order chi connectivity index (χ1) is 8.04. The van der Waals surface area contributed by atoms with E-state index in [1.807, 2.05) is 0 Å². The molecule has 0 saturated carbocycles. The van der Waals surface area contributed by atoms with Crippen LogP contribution in [0.1, 0.15) is 18.5 Å². The summed E-state index contributed by atoms with van der Waals surface area (Å²) in [5, 5.41) is 17.8. The van der Waals surface area contributed by atoms with E-state index in [9.17, 15) is 9.59 Å². The number of carboxylic acid groups (broad SMARTS) is 1. The molecule has 1 aromatic heterocycles. The molecule has 0 amide bonds. The molecule has 90 valence electrons. The Kier molecular flexibility index (Phi) is 2.72. The lowest BCUT2D eigenvalue weighted by atomic mass is 10.2. The van der Waals surface area contributed by atoms with Crippen molar-refractivity contribution in [3.05, 3.63) is 34.3 Å². The normalized spacial score (nSPS) is 12.8. The highest BCUT2D eigenvalue weighted by molar-refractivity contribution is 5.78. The Labute approximate surface area is 95.7 Å². The van der Waals surface area contributed by atoms with Crippen LogP contribution in [0.5, 0.6) is 0 Å². The molecule has 0 aliphatic rings. The number of benzene rings is 1. The highest BCUT2D eigenvalue weighted by Gasteiger charge is 2.20. The first-order valence-electron chi connectivity index (χ1n) is 5.02. The zero-order valence-electron chi connectivity index (χ0n) is 9.08. The lowest BCUT2D eigenvalue weighted by Crippen LogP contribution is -2.24. The van der Waals surface area contributed by atoms with E-state index in [0.717, 1.165) is 4.57 Å². The van der Waals surface area contributed by atoms with Gasteiger partial charge in [0, 0.05) is 0 Å². The Hall–Kier alpha value is -2.08. The largest absolute Gasteiger partial charge is 0.480 e. The fourth-order valence-electron chi connectivity index (χ4n) is 1.66. The number of aromatic nitrogens is 1. The summed E-state index contributed by atoms with van der Waals surface area (Å²) in [6.45, 7) is 1.23. The third-order valence-corrected chi connectivity index (χ3v) is 2.60. The first kappa shape index (κ1) is 11.4. The number of nitrogens with zero attached hydrogens (tertiary/aromatic N) is 1. The summed E-state index contributed by atoms with van der Waals surface area (Å²) < 4.78 is 6.01. The SMILES string of the molecule is CC(C(=O)O)n1c(=O)oc2cc(CO)ccc21. The first-order valence-corrected chi connectivity index (χ1v) is 5.02. The number of carboxylic acids is 1. The number of oxazole rings is 1. The van der Waals surface area contributed by atoms with Gasteiger partial charge >= 0.3 is 11.7 Å². The van der Waals surface area contributed by atoms with Crippen molar-refractivity contribution in [3.63, 3.8) is 0 Å². The Morgan fingerprint density at radius 2 is 2.24 bits per heavy atom. The van der Waals surface area contributed by atoms with Gasteiger partial charge in [-0.05, 0) is 24.6 Å². The minimum atomic E-state index is -1.11. The number of aliphatic hydroxyl groups excluding tert-OH is 1. The van der Waals surface area contributed by atoms with Crippen molar-refractivity contribution in [1.82, 2.24) is 4.57 Å². The van der Waals surface area contributed by atoms with Crippen LogP contribution in [-0.2, 0) is 11.4 Å². The Bertz CT molecular complexity index is 624. The maximum absolute atomic E-state index is 11.6. The minimum absolute atomic E-state index is 0.167. The fraction of sp³-hybridized carbons (Fsp3) is 0.273. The van der Waals surface area contributed by atoms with E-state index in [4.69, 9.17) is 14.6 Å². The number of hydrogen-bond acceptors (Lipinski definition) is 4. The summed E-state index contributed by atoms with van der Waals surface area (Å²) in [4.78, 5) is 22.4. The van der Waals surface area contributed by atoms with E-state index in [-0.39, 0.29) is 12.2 Å². The third kappa shape index (κ3) is 1.83. The van der Waals surface area contributed by atoms with Gasteiger partial charge in [0.2, 0.25) is 0 Å². The molecule has 1 unspecified atom stereocenters. The topological polar surface area (TPSA) is 92.7 Å². The predicted molar refractivity (Wildman–Crippen MR) is 58.7 cm³/mol. The van der Waals surface area contributed by atoms with Crippen LogP contribution < -0.4 is 5.76 Å². The molecular weight excluding hydrogens is 226 g/mol. The average molecular weight is 237 g/mol. The van der Waals surface area contributed by atoms with Crippen LogP contribution in [0.4, 0.5) is 0 Å². The summed E-state index contributed by atoms with van der Waals surface area (Å²) in [5.41, 5.74) is 1.28. The van der Waals surface area contributed by atoms with Gasteiger partial charge in [-0.25, -0.2) is 9.59 Å². The summed E-state index contributed by atoms with van der Waals surface area (Å²) >= 11 is 0. The lowest BCUT2D eigenvalue weighted by molar-refractivity contribution is -0.140. The molecule has 2 rings (SSSR count).